The molecule has 0 saturated carbocycles. The fraction of sp³-hybridized carbons (Fsp3) is 0.292. The Hall–Kier alpha value is -3.41. The molecule has 156 valence electrons. The van der Waals surface area contributed by atoms with Gasteiger partial charge in [-0.1, -0.05) is 19.1 Å². The predicted molar refractivity (Wildman–Crippen MR) is 117 cm³/mol. The molecule has 0 radical (unpaired) electrons. The highest BCUT2D eigenvalue weighted by Gasteiger charge is 2.19. The van der Waals surface area contributed by atoms with Crippen LogP contribution in [0.2, 0.25) is 0 Å². The molecular formula is C24H26N2O4. The minimum Gasteiger partial charge on any atom is -0.494 e. The van der Waals surface area contributed by atoms with Crippen LogP contribution in [-0.2, 0) is 16.0 Å². The molecule has 2 aromatic carbocycles. The second kappa shape index (κ2) is 10.4. The highest BCUT2D eigenvalue weighted by molar-refractivity contribution is 5.98. The van der Waals surface area contributed by atoms with Crippen LogP contribution in [0.1, 0.15) is 41.3 Å². The van der Waals surface area contributed by atoms with Gasteiger partial charge in [0, 0.05) is 36.8 Å². The topological polar surface area (TPSA) is 75.7 Å². The van der Waals surface area contributed by atoms with Crippen LogP contribution in [0, 0.1) is 0 Å². The number of hydrogen-bond donors (Lipinski definition) is 1. The Morgan fingerprint density at radius 2 is 1.97 bits per heavy atom. The lowest BCUT2D eigenvalue weighted by Crippen LogP contribution is -2.24. The summed E-state index contributed by atoms with van der Waals surface area (Å²) in [6.07, 6.45) is 5.91. The van der Waals surface area contributed by atoms with E-state index in [0.717, 1.165) is 41.8 Å². The maximum Gasteiger partial charge on any atom is 0.244 e. The Morgan fingerprint density at radius 3 is 2.70 bits per heavy atom. The zero-order valence-corrected chi connectivity index (χ0v) is 17.1. The molecule has 2 aromatic rings. The summed E-state index contributed by atoms with van der Waals surface area (Å²) >= 11 is 0. The molecule has 1 N–H and O–H groups in total. The van der Waals surface area contributed by atoms with E-state index < -0.39 is 0 Å². The second-order valence-electron chi connectivity index (χ2n) is 7.11. The number of nitrogens with zero attached hydrogens (tertiary/aromatic N) is 1. The van der Waals surface area contributed by atoms with Gasteiger partial charge in [-0.15, -0.1) is 0 Å². The van der Waals surface area contributed by atoms with Crippen LogP contribution in [0.3, 0.4) is 0 Å². The number of nitrogens with one attached hydrogen (secondary N) is 1. The van der Waals surface area contributed by atoms with Gasteiger partial charge in [-0.2, -0.15) is 0 Å². The molecule has 2 amide bonds. The van der Waals surface area contributed by atoms with Crippen molar-refractivity contribution in [3.05, 3.63) is 65.2 Å². The van der Waals surface area contributed by atoms with Gasteiger partial charge in [0.05, 0.1) is 6.61 Å². The van der Waals surface area contributed by atoms with Gasteiger partial charge in [0.1, 0.15) is 5.75 Å². The largest absolute Gasteiger partial charge is 0.494 e. The Kier molecular flexibility index (Phi) is 7.38. The second-order valence-corrected chi connectivity index (χ2v) is 7.11. The summed E-state index contributed by atoms with van der Waals surface area (Å²) < 4.78 is 5.53. The molecule has 6 nitrogen and oxygen atoms in total. The Bertz CT molecular complexity index is 935. The van der Waals surface area contributed by atoms with Gasteiger partial charge in [0.2, 0.25) is 12.3 Å². The fourth-order valence-electron chi connectivity index (χ4n) is 3.28. The maximum absolute atomic E-state index is 12.4. The van der Waals surface area contributed by atoms with Gasteiger partial charge in [0.25, 0.3) is 0 Å². The summed E-state index contributed by atoms with van der Waals surface area (Å²) in [5.41, 5.74) is 3.38. The molecule has 30 heavy (non-hydrogen) atoms. The number of rotatable bonds is 10. The number of anilines is 1. The summed E-state index contributed by atoms with van der Waals surface area (Å²) in [6.45, 7) is 3.65. The zero-order valence-electron chi connectivity index (χ0n) is 17.1. The number of Topliss-reactive ketones (excluding diaryl/α,β-unsaturated/α-hetero) is 1. The third kappa shape index (κ3) is 5.56. The average Bonchev–Trinajstić information content (AvgIpc) is 3.19. The molecule has 0 aliphatic carbocycles. The third-order valence-electron chi connectivity index (χ3n) is 4.89. The van der Waals surface area contributed by atoms with Crippen LogP contribution in [0.4, 0.5) is 5.69 Å². The summed E-state index contributed by atoms with van der Waals surface area (Å²) in [5, 5.41) is 2.74. The Balaban J connectivity index is 1.44. The molecular weight excluding hydrogens is 380 g/mol. The monoisotopic (exact) mass is 406 g/mol. The summed E-state index contributed by atoms with van der Waals surface area (Å²) in [6, 6.07) is 12.9. The lowest BCUT2D eigenvalue weighted by Gasteiger charge is -2.10. The van der Waals surface area contributed by atoms with Crippen LogP contribution < -0.4 is 15.0 Å². The summed E-state index contributed by atoms with van der Waals surface area (Å²) in [5.74, 6) is 0.529. The van der Waals surface area contributed by atoms with Crippen molar-refractivity contribution >= 4 is 29.9 Å². The highest BCUT2D eigenvalue weighted by Crippen LogP contribution is 2.27. The summed E-state index contributed by atoms with van der Waals surface area (Å²) in [4.78, 5) is 37.0. The van der Waals surface area contributed by atoms with Crippen molar-refractivity contribution in [2.75, 3.05) is 24.6 Å². The number of ketones is 1. The molecule has 0 saturated heterocycles. The van der Waals surface area contributed by atoms with Crippen molar-refractivity contribution in [3.8, 4) is 5.75 Å². The zero-order chi connectivity index (χ0) is 21.3. The number of fused-ring (bicyclic) bond motifs is 1. The van der Waals surface area contributed by atoms with E-state index in [9.17, 15) is 14.4 Å². The van der Waals surface area contributed by atoms with Crippen molar-refractivity contribution in [3.63, 3.8) is 0 Å². The van der Waals surface area contributed by atoms with Crippen molar-refractivity contribution < 1.29 is 19.1 Å². The smallest absolute Gasteiger partial charge is 0.244 e. The molecule has 0 unspecified atom stereocenters. The number of carbonyl (C=O) groups excluding carboxylic acids is 3. The lowest BCUT2D eigenvalue weighted by atomic mass is 10.0. The van der Waals surface area contributed by atoms with E-state index in [1.54, 1.807) is 17.0 Å². The standard InChI is InChI=1S/C24H26N2O4/c1-2-15-30-21-7-3-18(4-8-21)5-10-24(29)25-13-11-23(28)20-6-9-22-19(16-20)12-14-26(22)17-27/h3-10,16-17H,2,11-15H2,1H3,(H,25,29)/b10-5+. The normalized spacial score (nSPS) is 12.6. The van der Waals surface area contributed by atoms with Crippen molar-refractivity contribution in [2.45, 2.75) is 26.2 Å². The molecule has 3 rings (SSSR count). The molecule has 0 aromatic heterocycles. The van der Waals surface area contributed by atoms with Crippen molar-refractivity contribution in [1.82, 2.24) is 5.32 Å². The number of hydrogen-bond acceptors (Lipinski definition) is 4. The Morgan fingerprint density at radius 1 is 1.17 bits per heavy atom. The average molecular weight is 406 g/mol. The van der Waals surface area contributed by atoms with E-state index in [4.69, 9.17) is 4.74 Å². The SMILES string of the molecule is CCCOc1ccc(/C=C/C(=O)NCCC(=O)c2ccc3c(c2)CCN3C=O)cc1. The predicted octanol–water partition coefficient (Wildman–Crippen LogP) is 3.40. The third-order valence-corrected chi connectivity index (χ3v) is 4.89. The number of benzene rings is 2. The Labute approximate surface area is 176 Å². The molecule has 1 heterocycles. The number of carbonyl (C=O) groups is 3. The first-order chi connectivity index (χ1) is 14.6. The van der Waals surface area contributed by atoms with Gasteiger partial charge in [-0.3, -0.25) is 14.4 Å². The van der Waals surface area contributed by atoms with Gasteiger partial charge in [0.15, 0.2) is 5.78 Å². The minimum absolute atomic E-state index is 0.0331. The minimum atomic E-state index is -0.246. The first-order valence-corrected chi connectivity index (χ1v) is 10.2. The van der Waals surface area contributed by atoms with E-state index in [1.165, 1.54) is 6.08 Å². The lowest BCUT2D eigenvalue weighted by molar-refractivity contribution is -0.116. The van der Waals surface area contributed by atoms with Gasteiger partial charge >= 0.3 is 0 Å². The van der Waals surface area contributed by atoms with Crippen molar-refractivity contribution in [1.29, 1.82) is 0 Å². The van der Waals surface area contributed by atoms with E-state index in [2.05, 4.69) is 12.2 Å². The summed E-state index contributed by atoms with van der Waals surface area (Å²) in [7, 11) is 0. The highest BCUT2D eigenvalue weighted by atomic mass is 16.5. The van der Waals surface area contributed by atoms with Crippen LogP contribution in [0.25, 0.3) is 6.08 Å². The first-order valence-electron chi connectivity index (χ1n) is 10.2. The van der Waals surface area contributed by atoms with Gasteiger partial charge in [-0.25, -0.2) is 0 Å². The number of amides is 2. The molecule has 1 aliphatic rings. The molecule has 6 heteroatoms. The quantitative estimate of drug-likeness (QED) is 0.373. The van der Waals surface area contributed by atoms with E-state index in [0.29, 0.717) is 18.7 Å². The number of ether oxygens (including phenoxy) is 1. The van der Waals surface area contributed by atoms with E-state index >= 15 is 0 Å². The van der Waals surface area contributed by atoms with Crippen LogP contribution >= 0.6 is 0 Å². The molecule has 0 fully saturated rings. The molecule has 0 spiro atoms. The molecule has 1 aliphatic heterocycles. The van der Waals surface area contributed by atoms with Crippen LogP contribution in [0.5, 0.6) is 5.75 Å². The van der Waals surface area contributed by atoms with Crippen LogP contribution in [-0.4, -0.2) is 37.8 Å². The molecule has 0 atom stereocenters. The van der Waals surface area contributed by atoms with Gasteiger partial charge < -0.3 is 15.0 Å². The van der Waals surface area contributed by atoms with Crippen molar-refractivity contribution in [2.24, 2.45) is 0 Å². The van der Waals surface area contributed by atoms with E-state index in [1.807, 2.05) is 36.4 Å². The van der Waals surface area contributed by atoms with E-state index in [-0.39, 0.29) is 24.7 Å². The van der Waals surface area contributed by atoms with Crippen LogP contribution in [0.15, 0.2) is 48.5 Å². The fourth-order valence-corrected chi connectivity index (χ4v) is 3.28. The first kappa shape index (κ1) is 21.3. The molecule has 0 bridgehead atoms. The maximum atomic E-state index is 12.4. The van der Waals surface area contributed by atoms with Gasteiger partial charge in [-0.05, 0) is 60.4 Å².